The average molecular weight is 239 g/mol. The van der Waals surface area contributed by atoms with Gasteiger partial charge in [0.15, 0.2) is 5.82 Å². The first-order valence-electron chi connectivity index (χ1n) is 5.86. The maximum absolute atomic E-state index is 12.1. The molecule has 1 rings (SSSR count). The van der Waals surface area contributed by atoms with Gasteiger partial charge in [0, 0.05) is 24.5 Å². The molecule has 2 N–H and O–H groups in total. The number of aromatic nitrogens is 2. The minimum absolute atomic E-state index is 0.164. The van der Waals surface area contributed by atoms with Gasteiger partial charge >= 0.3 is 0 Å². The Bertz CT molecular complexity index is 420. The topological polar surface area (TPSA) is 67.2 Å². The van der Waals surface area contributed by atoms with Crippen LogP contribution in [0.5, 0.6) is 0 Å². The number of rotatable bonds is 4. The predicted molar refractivity (Wildman–Crippen MR) is 68.3 cm³/mol. The van der Waals surface area contributed by atoms with Crippen molar-refractivity contribution in [1.29, 1.82) is 0 Å². The third-order valence-corrected chi connectivity index (χ3v) is 2.54. The fraction of sp³-hybridized carbons (Fsp3) is 0.667. The van der Waals surface area contributed by atoms with Gasteiger partial charge in [-0.3, -0.25) is 4.79 Å². The Hall–Kier alpha value is -1.36. The monoisotopic (exact) mass is 239 g/mol. The lowest BCUT2D eigenvalue weighted by Gasteiger charge is -2.22. The fourth-order valence-corrected chi connectivity index (χ4v) is 1.42. The van der Waals surface area contributed by atoms with Crippen LogP contribution in [-0.2, 0) is 5.54 Å². The first-order chi connectivity index (χ1) is 7.86. The second-order valence-corrected chi connectivity index (χ2v) is 5.06. The van der Waals surface area contributed by atoms with E-state index in [9.17, 15) is 9.90 Å². The smallest absolute Gasteiger partial charge is 0.293 e. The molecule has 0 aromatic carbocycles. The molecule has 0 amide bonds. The van der Waals surface area contributed by atoms with Crippen molar-refractivity contribution in [2.24, 2.45) is 0 Å². The summed E-state index contributed by atoms with van der Waals surface area (Å²) < 4.78 is 1.63. The first kappa shape index (κ1) is 13.7. The molecule has 0 aliphatic carbocycles. The SMILES string of the molecule is CCC(O)CNc1nccn(C(C)(C)C)c1=O. The molecule has 1 unspecified atom stereocenters. The molecule has 0 spiro atoms. The molecule has 0 radical (unpaired) electrons. The van der Waals surface area contributed by atoms with Crippen molar-refractivity contribution in [2.45, 2.75) is 45.8 Å². The molecule has 1 heterocycles. The standard InChI is InChI=1S/C12H21N3O2/c1-5-9(16)8-14-10-11(17)15(7-6-13-10)12(2,3)4/h6-7,9,16H,5,8H2,1-4H3,(H,13,14). The molecule has 0 aliphatic heterocycles. The Morgan fingerprint density at radius 1 is 1.53 bits per heavy atom. The van der Waals surface area contributed by atoms with Gasteiger partial charge in [-0.1, -0.05) is 6.92 Å². The van der Waals surface area contributed by atoms with E-state index >= 15 is 0 Å². The Labute approximate surface area is 102 Å². The van der Waals surface area contributed by atoms with Crippen LogP contribution in [0.25, 0.3) is 0 Å². The molecule has 0 fully saturated rings. The third-order valence-electron chi connectivity index (χ3n) is 2.54. The van der Waals surface area contributed by atoms with Crippen molar-refractivity contribution in [3.63, 3.8) is 0 Å². The van der Waals surface area contributed by atoms with Crippen LogP contribution < -0.4 is 10.9 Å². The summed E-state index contributed by atoms with van der Waals surface area (Å²) >= 11 is 0. The zero-order valence-electron chi connectivity index (χ0n) is 10.9. The second kappa shape index (κ2) is 5.31. The zero-order chi connectivity index (χ0) is 13.1. The highest BCUT2D eigenvalue weighted by Gasteiger charge is 2.16. The van der Waals surface area contributed by atoms with E-state index in [1.807, 2.05) is 27.7 Å². The Kier molecular flexibility index (Phi) is 4.28. The molecule has 5 heteroatoms. The highest BCUT2D eigenvalue weighted by molar-refractivity contribution is 5.31. The van der Waals surface area contributed by atoms with E-state index in [-0.39, 0.29) is 16.9 Å². The third kappa shape index (κ3) is 3.56. The van der Waals surface area contributed by atoms with Crippen molar-refractivity contribution in [2.75, 3.05) is 11.9 Å². The summed E-state index contributed by atoms with van der Waals surface area (Å²) in [4.78, 5) is 16.1. The van der Waals surface area contributed by atoms with Gasteiger partial charge in [-0.05, 0) is 27.2 Å². The minimum atomic E-state index is -0.459. The Morgan fingerprint density at radius 2 is 2.18 bits per heavy atom. The molecule has 17 heavy (non-hydrogen) atoms. The van der Waals surface area contributed by atoms with E-state index in [0.717, 1.165) is 0 Å². The van der Waals surface area contributed by atoms with Crippen LogP contribution >= 0.6 is 0 Å². The van der Waals surface area contributed by atoms with Crippen LogP contribution in [0.1, 0.15) is 34.1 Å². The molecular formula is C12H21N3O2. The van der Waals surface area contributed by atoms with Crippen LogP contribution in [0, 0.1) is 0 Å². The molecule has 0 saturated carbocycles. The van der Waals surface area contributed by atoms with E-state index in [2.05, 4.69) is 10.3 Å². The maximum Gasteiger partial charge on any atom is 0.293 e. The molecular weight excluding hydrogens is 218 g/mol. The lowest BCUT2D eigenvalue weighted by atomic mass is 10.1. The van der Waals surface area contributed by atoms with Crippen molar-refractivity contribution < 1.29 is 5.11 Å². The van der Waals surface area contributed by atoms with E-state index in [1.165, 1.54) is 0 Å². The number of aliphatic hydroxyl groups excluding tert-OH is 1. The van der Waals surface area contributed by atoms with Gasteiger partial charge in [0.05, 0.1) is 6.10 Å². The summed E-state index contributed by atoms with van der Waals surface area (Å²) in [7, 11) is 0. The van der Waals surface area contributed by atoms with Crippen molar-refractivity contribution in [3.8, 4) is 0 Å². The molecule has 1 aromatic heterocycles. The van der Waals surface area contributed by atoms with Gasteiger partial charge in [0.25, 0.3) is 5.56 Å². The Morgan fingerprint density at radius 3 is 2.71 bits per heavy atom. The molecule has 96 valence electrons. The highest BCUT2D eigenvalue weighted by Crippen LogP contribution is 2.10. The number of nitrogens with zero attached hydrogens (tertiary/aromatic N) is 2. The average Bonchev–Trinajstić information content (AvgIpc) is 2.25. The van der Waals surface area contributed by atoms with Crippen LogP contribution in [0.15, 0.2) is 17.2 Å². The lowest BCUT2D eigenvalue weighted by molar-refractivity contribution is 0.183. The van der Waals surface area contributed by atoms with Gasteiger partial charge in [-0.2, -0.15) is 0 Å². The van der Waals surface area contributed by atoms with E-state index in [0.29, 0.717) is 13.0 Å². The summed E-state index contributed by atoms with van der Waals surface area (Å²) in [6.45, 7) is 8.10. The summed E-state index contributed by atoms with van der Waals surface area (Å²) in [5, 5.41) is 12.3. The van der Waals surface area contributed by atoms with Gasteiger partial charge in [-0.15, -0.1) is 0 Å². The van der Waals surface area contributed by atoms with Gasteiger partial charge in [0.1, 0.15) is 0 Å². The largest absolute Gasteiger partial charge is 0.391 e. The predicted octanol–water partition coefficient (Wildman–Crippen LogP) is 1.18. The summed E-state index contributed by atoms with van der Waals surface area (Å²) in [5.74, 6) is 0.287. The number of hydrogen-bond donors (Lipinski definition) is 2. The Balaban J connectivity index is 2.92. The summed E-state index contributed by atoms with van der Waals surface area (Å²) in [5.41, 5.74) is -0.442. The number of aliphatic hydroxyl groups is 1. The maximum atomic E-state index is 12.1. The molecule has 1 atom stereocenters. The molecule has 0 aliphatic rings. The normalized spacial score (nSPS) is 13.5. The van der Waals surface area contributed by atoms with E-state index in [4.69, 9.17) is 0 Å². The zero-order valence-corrected chi connectivity index (χ0v) is 10.9. The number of anilines is 1. The molecule has 5 nitrogen and oxygen atoms in total. The van der Waals surface area contributed by atoms with E-state index < -0.39 is 6.10 Å². The van der Waals surface area contributed by atoms with Crippen LogP contribution in [0.3, 0.4) is 0 Å². The second-order valence-electron chi connectivity index (χ2n) is 5.06. The summed E-state index contributed by atoms with van der Waals surface area (Å²) in [6, 6.07) is 0. The van der Waals surface area contributed by atoms with Crippen LogP contribution in [0.2, 0.25) is 0 Å². The summed E-state index contributed by atoms with van der Waals surface area (Å²) in [6.07, 6.45) is 3.45. The number of nitrogens with one attached hydrogen (secondary N) is 1. The van der Waals surface area contributed by atoms with Crippen molar-refractivity contribution in [3.05, 3.63) is 22.7 Å². The first-order valence-corrected chi connectivity index (χ1v) is 5.86. The highest BCUT2D eigenvalue weighted by atomic mass is 16.3. The molecule has 0 bridgehead atoms. The minimum Gasteiger partial charge on any atom is -0.391 e. The van der Waals surface area contributed by atoms with Crippen LogP contribution in [-0.4, -0.2) is 27.3 Å². The van der Waals surface area contributed by atoms with Crippen LogP contribution in [0.4, 0.5) is 5.82 Å². The van der Waals surface area contributed by atoms with Gasteiger partial charge in [0.2, 0.25) is 0 Å². The van der Waals surface area contributed by atoms with Gasteiger partial charge in [-0.25, -0.2) is 4.98 Å². The van der Waals surface area contributed by atoms with Crippen molar-refractivity contribution >= 4 is 5.82 Å². The lowest BCUT2D eigenvalue weighted by Crippen LogP contribution is -2.36. The molecule has 1 aromatic rings. The number of hydrogen-bond acceptors (Lipinski definition) is 4. The van der Waals surface area contributed by atoms with Gasteiger partial charge < -0.3 is 15.0 Å². The van der Waals surface area contributed by atoms with E-state index in [1.54, 1.807) is 17.0 Å². The van der Waals surface area contributed by atoms with Crippen molar-refractivity contribution in [1.82, 2.24) is 9.55 Å². The molecule has 0 saturated heterocycles. The quantitative estimate of drug-likeness (QED) is 0.828. The fourth-order valence-electron chi connectivity index (χ4n) is 1.42.